The highest BCUT2D eigenvalue weighted by atomic mass is 32.2. The van der Waals surface area contributed by atoms with Crippen LogP contribution in [0.2, 0.25) is 0 Å². The van der Waals surface area contributed by atoms with Gasteiger partial charge in [-0.3, -0.25) is 16.3 Å². The van der Waals surface area contributed by atoms with E-state index in [1.54, 1.807) is 0 Å². The van der Waals surface area contributed by atoms with E-state index in [1.165, 1.54) is 22.5 Å². The molecule has 1 aromatic heterocycles. The number of hydrazine groups is 1. The van der Waals surface area contributed by atoms with Crippen molar-refractivity contribution in [3.8, 4) is 0 Å². The fraction of sp³-hybridized carbons (Fsp3) is 0.400. The third-order valence-electron chi connectivity index (χ3n) is 3.74. The molecule has 1 aliphatic heterocycles. The molecule has 20 heavy (non-hydrogen) atoms. The Labute approximate surface area is 128 Å². The summed E-state index contributed by atoms with van der Waals surface area (Å²) in [5, 5.41) is 2.24. The number of nitrogens with two attached hydrogens (primary N) is 1. The number of para-hydroxylation sites is 1. The molecule has 0 bridgehead atoms. The van der Waals surface area contributed by atoms with Crippen LogP contribution in [-0.2, 0) is 0 Å². The van der Waals surface area contributed by atoms with Crippen molar-refractivity contribution in [1.82, 2.24) is 10.4 Å². The largest absolute Gasteiger partial charge is 0.271 e. The molecule has 1 saturated heterocycles. The van der Waals surface area contributed by atoms with E-state index >= 15 is 0 Å². The minimum Gasteiger partial charge on any atom is -0.271 e. The number of thioether (sulfide) groups is 2. The average Bonchev–Trinajstić information content (AvgIpc) is 2.50. The zero-order valence-electron chi connectivity index (χ0n) is 11.5. The number of nitrogens with one attached hydrogen (secondary N) is 1. The zero-order chi connectivity index (χ0) is 13.9. The van der Waals surface area contributed by atoms with Gasteiger partial charge in [0.2, 0.25) is 0 Å². The molecule has 0 amide bonds. The second-order valence-electron chi connectivity index (χ2n) is 4.98. The summed E-state index contributed by atoms with van der Waals surface area (Å²) < 4.78 is 0. The summed E-state index contributed by atoms with van der Waals surface area (Å²) >= 11 is 4.05. The van der Waals surface area contributed by atoms with E-state index in [1.807, 2.05) is 35.8 Å². The van der Waals surface area contributed by atoms with Crippen molar-refractivity contribution in [3.63, 3.8) is 0 Å². The first kappa shape index (κ1) is 14.2. The van der Waals surface area contributed by atoms with Crippen LogP contribution in [0.25, 0.3) is 10.9 Å². The van der Waals surface area contributed by atoms with Crippen molar-refractivity contribution in [1.29, 1.82) is 0 Å². The Balaban J connectivity index is 2.02. The van der Waals surface area contributed by atoms with Gasteiger partial charge in [-0.2, -0.15) is 23.5 Å². The van der Waals surface area contributed by atoms with E-state index in [0.717, 1.165) is 5.52 Å². The van der Waals surface area contributed by atoms with Crippen molar-refractivity contribution >= 4 is 34.4 Å². The van der Waals surface area contributed by atoms with Crippen molar-refractivity contribution in [3.05, 3.63) is 42.1 Å². The number of hydrogen-bond donors (Lipinski definition) is 2. The second-order valence-corrected chi connectivity index (χ2v) is 7.75. The normalized spacial score (nSPS) is 24.7. The summed E-state index contributed by atoms with van der Waals surface area (Å²) in [7, 11) is 0. The third kappa shape index (κ3) is 2.68. The number of nitrogens with zero attached hydrogens (tertiary/aromatic N) is 1. The van der Waals surface area contributed by atoms with Crippen molar-refractivity contribution < 1.29 is 0 Å². The Hall–Kier alpha value is -0.750. The zero-order valence-corrected chi connectivity index (χ0v) is 13.1. The van der Waals surface area contributed by atoms with E-state index in [-0.39, 0.29) is 6.04 Å². The third-order valence-corrected chi connectivity index (χ3v) is 6.94. The SMILES string of the molecule is CC1SCCSC1C(NN)c1cccc2cccnc12. The molecular weight excluding hydrogens is 286 g/mol. The molecule has 1 aromatic carbocycles. The maximum atomic E-state index is 5.89. The molecule has 0 aliphatic carbocycles. The predicted octanol–water partition coefficient (Wildman–Crippen LogP) is 2.98. The maximum Gasteiger partial charge on any atom is 0.0750 e. The molecular formula is C15H19N3S2. The number of fused-ring (bicyclic) bond motifs is 1. The van der Waals surface area contributed by atoms with E-state index < -0.39 is 0 Å². The van der Waals surface area contributed by atoms with E-state index in [0.29, 0.717) is 10.5 Å². The molecule has 0 saturated carbocycles. The van der Waals surface area contributed by atoms with Crippen LogP contribution >= 0.6 is 23.5 Å². The van der Waals surface area contributed by atoms with Gasteiger partial charge < -0.3 is 0 Å². The molecule has 3 N–H and O–H groups in total. The fourth-order valence-corrected chi connectivity index (χ4v) is 5.68. The van der Waals surface area contributed by atoms with Gasteiger partial charge in [0.15, 0.2) is 0 Å². The average molecular weight is 305 g/mol. The summed E-state index contributed by atoms with van der Waals surface area (Å²) in [6.07, 6.45) is 1.85. The minimum absolute atomic E-state index is 0.140. The Morgan fingerprint density at radius 2 is 2.05 bits per heavy atom. The topological polar surface area (TPSA) is 50.9 Å². The lowest BCUT2D eigenvalue weighted by molar-refractivity contribution is 0.529. The molecule has 106 valence electrons. The van der Waals surface area contributed by atoms with Crippen LogP contribution in [0.3, 0.4) is 0 Å². The highest BCUT2D eigenvalue weighted by molar-refractivity contribution is 8.07. The monoisotopic (exact) mass is 305 g/mol. The first-order chi connectivity index (χ1) is 9.81. The Kier molecular flexibility index (Phi) is 4.51. The van der Waals surface area contributed by atoms with Crippen LogP contribution in [0.5, 0.6) is 0 Å². The number of benzene rings is 1. The molecule has 3 nitrogen and oxygen atoms in total. The Morgan fingerprint density at radius 3 is 2.85 bits per heavy atom. The summed E-state index contributed by atoms with van der Waals surface area (Å²) in [6.45, 7) is 2.30. The van der Waals surface area contributed by atoms with E-state index in [4.69, 9.17) is 5.84 Å². The van der Waals surface area contributed by atoms with Gasteiger partial charge in [-0.05, 0) is 11.6 Å². The number of aromatic nitrogens is 1. The van der Waals surface area contributed by atoms with Gasteiger partial charge in [-0.25, -0.2) is 0 Å². The Bertz CT molecular complexity index is 585. The number of pyridine rings is 1. The lowest BCUT2D eigenvalue weighted by Crippen LogP contribution is -2.41. The van der Waals surface area contributed by atoms with E-state index in [9.17, 15) is 0 Å². The lowest BCUT2D eigenvalue weighted by Gasteiger charge is -2.34. The molecule has 0 radical (unpaired) electrons. The lowest BCUT2D eigenvalue weighted by atomic mass is 9.99. The van der Waals surface area contributed by atoms with Crippen LogP contribution < -0.4 is 11.3 Å². The van der Waals surface area contributed by atoms with Crippen molar-refractivity contribution in [2.45, 2.75) is 23.5 Å². The summed E-state index contributed by atoms with van der Waals surface area (Å²) in [5.74, 6) is 8.31. The second kappa shape index (κ2) is 6.35. The first-order valence-electron chi connectivity index (χ1n) is 6.84. The van der Waals surface area contributed by atoms with Crippen LogP contribution in [0.15, 0.2) is 36.5 Å². The van der Waals surface area contributed by atoms with Gasteiger partial charge in [-0.1, -0.05) is 31.2 Å². The van der Waals surface area contributed by atoms with Crippen molar-refractivity contribution in [2.24, 2.45) is 5.84 Å². The summed E-state index contributed by atoms with van der Waals surface area (Å²) in [5.41, 5.74) is 5.30. The smallest absolute Gasteiger partial charge is 0.0750 e. The molecule has 2 heterocycles. The number of rotatable bonds is 3. The van der Waals surface area contributed by atoms with Gasteiger partial charge >= 0.3 is 0 Å². The van der Waals surface area contributed by atoms with Crippen molar-refractivity contribution in [2.75, 3.05) is 11.5 Å². The van der Waals surface area contributed by atoms with Crippen LogP contribution in [0.1, 0.15) is 18.5 Å². The van der Waals surface area contributed by atoms with Gasteiger partial charge in [0.1, 0.15) is 0 Å². The molecule has 1 aliphatic rings. The van der Waals surface area contributed by atoms with Gasteiger partial charge in [0.05, 0.1) is 11.6 Å². The quantitative estimate of drug-likeness (QED) is 0.674. The highest BCUT2D eigenvalue weighted by Crippen LogP contribution is 2.39. The highest BCUT2D eigenvalue weighted by Gasteiger charge is 2.31. The molecule has 1 fully saturated rings. The molecule has 3 unspecified atom stereocenters. The fourth-order valence-electron chi connectivity index (χ4n) is 2.76. The van der Waals surface area contributed by atoms with Crippen LogP contribution in [0, 0.1) is 0 Å². The standard InChI is InChI=1S/C15H19N3S2/c1-10-15(20-9-8-19-10)14(18-16)12-6-2-4-11-5-3-7-17-13(11)12/h2-7,10,14-15,18H,8-9,16H2,1H3. The van der Waals surface area contributed by atoms with Crippen LogP contribution in [-0.4, -0.2) is 27.0 Å². The molecule has 5 heteroatoms. The van der Waals surface area contributed by atoms with Gasteiger partial charge in [-0.15, -0.1) is 0 Å². The number of hydrogen-bond acceptors (Lipinski definition) is 5. The minimum atomic E-state index is 0.140. The molecule has 0 spiro atoms. The van der Waals surface area contributed by atoms with Gasteiger partial charge in [0.25, 0.3) is 0 Å². The first-order valence-corrected chi connectivity index (χ1v) is 8.94. The molecule has 2 aromatic rings. The van der Waals surface area contributed by atoms with Crippen LogP contribution in [0.4, 0.5) is 0 Å². The molecule has 3 rings (SSSR count). The molecule has 3 atom stereocenters. The van der Waals surface area contributed by atoms with E-state index in [2.05, 4.69) is 41.6 Å². The summed E-state index contributed by atoms with van der Waals surface area (Å²) in [6, 6.07) is 10.6. The Morgan fingerprint density at radius 1 is 1.25 bits per heavy atom. The predicted molar refractivity (Wildman–Crippen MR) is 90.0 cm³/mol. The van der Waals surface area contributed by atoms with Gasteiger partial charge in [0, 0.05) is 33.6 Å². The summed E-state index contributed by atoms with van der Waals surface area (Å²) in [4.78, 5) is 4.56. The maximum absolute atomic E-state index is 5.89.